The molecule has 5 nitrogen and oxygen atoms in total. The fraction of sp³-hybridized carbons (Fsp3) is 0.750. The van der Waals surface area contributed by atoms with Crippen molar-refractivity contribution >= 4 is 17.3 Å². The molecule has 2 atom stereocenters. The Kier molecular flexibility index (Phi) is 6.72. The number of likely N-dealkylation sites (N-methyl/N-ethyl adjacent to an activating group) is 1. The fourth-order valence-electron chi connectivity index (χ4n) is 4.50. The Morgan fingerprint density at radius 2 is 2.19 bits per heavy atom. The molecule has 0 amide bonds. The molecule has 0 saturated carbocycles. The second kappa shape index (κ2) is 8.83. The van der Waals surface area contributed by atoms with E-state index in [1.807, 2.05) is 18.3 Å². The van der Waals surface area contributed by atoms with Crippen molar-refractivity contribution in [3.63, 3.8) is 0 Å². The number of rotatable bonds is 7. The van der Waals surface area contributed by atoms with E-state index in [0.29, 0.717) is 12.5 Å². The third kappa shape index (κ3) is 4.47. The minimum atomic E-state index is -0.313. The number of hydrogen-bond acceptors (Lipinski definition) is 6. The highest BCUT2D eigenvalue weighted by molar-refractivity contribution is 7.09. The summed E-state index contributed by atoms with van der Waals surface area (Å²) in [5.41, 5.74) is -0.313. The maximum absolute atomic E-state index is 13.0. The standard InChI is InChI=1S/C20H33N3O2S/c1-4-25-19(24)20-8-6-9-22(15-18-7-5-12-26-18)13-17(20)14-23(16-20)11-10-21(2)3/h5,7,12,17H,4,6,8-11,13-16H2,1-3H3/t17-,20-/m1/s1. The summed E-state index contributed by atoms with van der Waals surface area (Å²) >= 11 is 1.82. The lowest BCUT2D eigenvalue weighted by Crippen LogP contribution is -2.42. The van der Waals surface area contributed by atoms with Gasteiger partial charge in [-0.1, -0.05) is 6.07 Å². The fourth-order valence-corrected chi connectivity index (χ4v) is 5.25. The largest absolute Gasteiger partial charge is 0.466 e. The molecule has 1 aromatic heterocycles. The average Bonchev–Trinajstić information content (AvgIpc) is 3.18. The minimum absolute atomic E-state index is 0.0373. The molecule has 2 aliphatic heterocycles. The Hall–Kier alpha value is -0.950. The number of nitrogens with zero attached hydrogens (tertiary/aromatic N) is 3. The van der Waals surface area contributed by atoms with E-state index in [0.717, 1.165) is 58.7 Å². The smallest absolute Gasteiger partial charge is 0.313 e. The van der Waals surface area contributed by atoms with Gasteiger partial charge in [-0.2, -0.15) is 0 Å². The van der Waals surface area contributed by atoms with E-state index in [-0.39, 0.29) is 11.4 Å². The van der Waals surface area contributed by atoms with Crippen LogP contribution in [0.5, 0.6) is 0 Å². The third-order valence-corrected chi connectivity index (χ3v) is 6.71. The van der Waals surface area contributed by atoms with Crippen LogP contribution in [0.3, 0.4) is 0 Å². The van der Waals surface area contributed by atoms with Crippen LogP contribution in [0.1, 0.15) is 24.6 Å². The average molecular weight is 380 g/mol. The number of thiophene rings is 1. The predicted octanol–water partition coefficient (Wildman–Crippen LogP) is 2.39. The van der Waals surface area contributed by atoms with Crippen molar-refractivity contribution in [2.75, 3.05) is 60.0 Å². The van der Waals surface area contributed by atoms with Crippen molar-refractivity contribution in [1.29, 1.82) is 0 Å². The summed E-state index contributed by atoms with van der Waals surface area (Å²) in [6, 6.07) is 4.34. The van der Waals surface area contributed by atoms with E-state index in [2.05, 4.69) is 46.3 Å². The lowest BCUT2D eigenvalue weighted by Gasteiger charge is -2.31. The van der Waals surface area contributed by atoms with Crippen molar-refractivity contribution in [2.24, 2.45) is 11.3 Å². The topological polar surface area (TPSA) is 36.0 Å². The summed E-state index contributed by atoms with van der Waals surface area (Å²) in [5.74, 6) is 0.404. The monoisotopic (exact) mass is 379 g/mol. The third-order valence-electron chi connectivity index (χ3n) is 5.85. The van der Waals surface area contributed by atoms with Crippen LogP contribution in [0.25, 0.3) is 0 Å². The van der Waals surface area contributed by atoms with Gasteiger partial charge in [0.15, 0.2) is 0 Å². The second-order valence-corrected chi connectivity index (χ2v) is 9.06. The van der Waals surface area contributed by atoms with Crippen LogP contribution in [-0.4, -0.2) is 80.6 Å². The summed E-state index contributed by atoms with van der Waals surface area (Å²) in [4.78, 5) is 21.6. The van der Waals surface area contributed by atoms with Gasteiger partial charge in [0.05, 0.1) is 12.0 Å². The molecule has 2 fully saturated rings. The Morgan fingerprint density at radius 1 is 1.38 bits per heavy atom. The van der Waals surface area contributed by atoms with Crippen LogP contribution in [0.15, 0.2) is 17.5 Å². The first kappa shape index (κ1) is 19.8. The number of likely N-dealkylation sites (tertiary alicyclic amines) is 2. The van der Waals surface area contributed by atoms with E-state index >= 15 is 0 Å². The Morgan fingerprint density at radius 3 is 2.88 bits per heavy atom. The highest BCUT2D eigenvalue weighted by Crippen LogP contribution is 2.44. The van der Waals surface area contributed by atoms with Crippen molar-refractivity contribution in [2.45, 2.75) is 26.3 Å². The van der Waals surface area contributed by atoms with Crippen LogP contribution in [0.4, 0.5) is 0 Å². The molecule has 0 aromatic carbocycles. The van der Waals surface area contributed by atoms with Gasteiger partial charge in [0, 0.05) is 50.1 Å². The molecule has 0 bridgehead atoms. The normalized spacial score (nSPS) is 27.5. The van der Waals surface area contributed by atoms with Crippen LogP contribution in [-0.2, 0) is 16.1 Å². The predicted molar refractivity (Wildman–Crippen MR) is 106 cm³/mol. The molecule has 26 heavy (non-hydrogen) atoms. The van der Waals surface area contributed by atoms with Gasteiger partial charge in [0.1, 0.15) is 0 Å². The van der Waals surface area contributed by atoms with Gasteiger partial charge in [-0.15, -0.1) is 11.3 Å². The number of esters is 1. The van der Waals surface area contributed by atoms with E-state index in [1.165, 1.54) is 4.88 Å². The molecule has 146 valence electrons. The van der Waals surface area contributed by atoms with Crippen LogP contribution >= 0.6 is 11.3 Å². The second-order valence-electron chi connectivity index (χ2n) is 8.03. The van der Waals surface area contributed by atoms with E-state index in [9.17, 15) is 4.79 Å². The van der Waals surface area contributed by atoms with Gasteiger partial charge in [-0.3, -0.25) is 9.69 Å². The number of carbonyl (C=O) groups excluding carboxylic acids is 1. The zero-order chi connectivity index (χ0) is 18.6. The van der Waals surface area contributed by atoms with Crippen molar-refractivity contribution in [3.05, 3.63) is 22.4 Å². The maximum atomic E-state index is 13.0. The molecule has 0 N–H and O–H groups in total. The zero-order valence-electron chi connectivity index (χ0n) is 16.4. The van der Waals surface area contributed by atoms with Gasteiger partial charge < -0.3 is 14.5 Å². The Balaban J connectivity index is 1.73. The molecule has 3 rings (SSSR count). The van der Waals surface area contributed by atoms with Crippen molar-refractivity contribution in [1.82, 2.24) is 14.7 Å². The van der Waals surface area contributed by atoms with Crippen LogP contribution < -0.4 is 0 Å². The zero-order valence-corrected chi connectivity index (χ0v) is 17.3. The van der Waals surface area contributed by atoms with E-state index in [4.69, 9.17) is 4.74 Å². The quantitative estimate of drug-likeness (QED) is 0.680. The molecule has 0 unspecified atom stereocenters. The van der Waals surface area contributed by atoms with Crippen molar-refractivity contribution in [3.8, 4) is 0 Å². The summed E-state index contributed by atoms with van der Waals surface area (Å²) in [6.45, 7) is 9.39. The van der Waals surface area contributed by atoms with Crippen molar-refractivity contribution < 1.29 is 9.53 Å². The molecule has 2 saturated heterocycles. The lowest BCUT2D eigenvalue weighted by atomic mass is 9.75. The summed E-state index contributed by atoms with van der Waals surface area (Å²) < 4.78 is 5.56. The minimum Gasteiger partial charge on any atom is -0.466 e. The molecule has 2 aliphatic rings. The number of fused-ring (bicyclic) bond motifs is 1. The molecule has 3 heterocycles. The first-order chi connectivity index (χ1) is 12.5. The van der Waals surface area contributed by atoms with E-state index < -0.39 is 0 Å². The Bertz CT molecular complexity index is 578. The van der Waals surface area contributed by atoms with Gasteiger partial charge in [0.2, 0.25) is 0 Å². The molecular formula is C20H33N3O2S. The molecule has 1 aromatic rings. The van der Waals surface area contributed by atoms with Gasteiger partial charge in [0.25, 0.3) is 0 Å². The number of ether oxygens (including phenoxy) is 1. The van der Waals surface area contributed by atoms with Gasteiger partial charge in [-0.05, 0) is 51.9 Å². The summed E-state index contributed by atoms with van der Waals surface area (Å²) in [5, 5.41) is 2.15. The molecule has 0 aliphatic carbocycles. The maximum Gasteiger partial charge on any atom is 0.313 e. The van der Waals surface area contributed by atoms with Crippen LogP contribution in [0, 0.1) is 11.3 Å². The number of carbonyl (C=O) groups is 1. The lowest BCUT2D eigenvalue weighted by molar-refractivity contribution is -0.157. The molecular weight excluding hydrogens is 346 g/mol. The number of hydrogen-bond donors (Lipinski definition) is 0. The summed E-state index contributed by atoms with van der Waals surface area (Å²) in [6.07, 6.45) is 2.03. The first-order valence-corrected chi connectivity index (χ1v) is 10.7. The van der Waals surface area contributed by atoms with E-state index in [1.54, 1.807) is 0 Å². The summed E-state index contributed by atoms with van der Waals surface area (Å²) in [7, 11) is 4.22. The first-order valence-electron chi connectivity index (χ1n) is 9.82. The van der Waals surface area contributed by atoms with Gasteiger partial charge >= 0.3 is 5.97 Å². The highest BCUT2D eigenvalue weighted by Gasteiger charge is 2.53. The molecule has 0 radical (unpaired) electrons. The van der Waals surface area contributed by atoms with Crippen LogP contribution in [0.2, 0.25) is 0 Å². The molecule has 0 spiro atoms. The SMILES string of the molecule is CCOC(=O)[C@@]12CCCN(Cc3cccs3)C[C@@H]1CN(CCN(C)C)C2. The molecule has 6 heteroatoms. The highest BCUT2D eigenvalue weighted by atomic mass is 32.1. The van der Waals surface area contributed by atoms with Gasteiger partial charge in [-0.25, -0.2) is 0 Å². The Labute approximate surface area is 161 Å².